The summed E-state index contributed by atoms with van der Waals surface area (Å²) in [5.74, 6) is 0.787. The van der Waals surface area contributed by atoms with Crippen molar-refractivity contribution >= 4 is 17.3 Å². The molecule has 0 bridgehead atoms. The molecule has 0 saturated heterocycles. The van der Waals surface area contributed by atoms with Gasteiger partial charge >= 0.3 is 0 Å². The van der Waals surface area contributed by atoms with Crippen molar-refractivity contribution in [2.45, 2.75) is 37.0 Å². The quantitative estimate of drug-likeness (QED) is 0.764. The lowest BCUT2D eigenvalue weighted by Crippen LogP contribution is -1.91. The zero-order chi connectivity index (χ0) is 13.5. The second-order valence-electron chi connectivity index (χ2n) is 5.69. The minimum atomic E-state index is 0.787. The maximum absolute atomic E-state index is 4.68. The first-order chi connectivity index (χ1) is 9.81. The average molecular weight is 279 g/mol. The van der Waals surface area contributed by atoms with Gasteiger partial charge in [0, 0.05) is 17.5 Å². The minimum Gasteiger partial charge on any atom is -0.256 e. The van der Waals surface area contributed by atoms with Gasteiger partial charge < -0.3 is 0 Å². The summed E-state index contributed by atoms with van der Waals surface area (Å²) in [6, 6.07) is 13.1. The number of hydrogen-bond donors (Lipinski definition) is 0. The van der Waals surface area contributed by atoms with Crippen molar-refractivity contribution in [2.75, 3.05) is 0 Å². The maximum Gasteiger partial charge on any atom is 0.0667 e. The predicted molar refractivity (Wildman–Crippen MR) is 84.8 cm³/mol. The van der Waals surface area contributed by atoms with Crippen molar-refractivity contribution in [3.63, 3.8) is 0 Å². The third kappa shape index (κ3) is 2.18. The number of fused-ring (bicyclic) bond motifs is 1. The molecule has 0 radical (unpaired) electrons. The van der Waals surface area contributed by atoms with E-state index in [9.17, 15) is 0 Å². The van der Waals surface area contributed by atoms with Crippen LogP contribution in [0, 0.1) is 0 Å². The van der Waals surface area contributed by atoms with Crippen molar-refractivity contribution in [3.8, 4) is 0 Å². The molecular weight excluding hydrogens is 262 g/mol. The molecule has 0 unspecified atom stereocenters. The van der Waals surface area contributed by atoms with E-state index in [1.165, 1.54) is 39.3 Å². The van der Waals surface area contributed by atoms with E-state index < -0.39 is 0 Å². The molecule has 0 amide bonds. The Bertz CT molecular complexity index is 654. The largest absolute Gasteiger partial charge is 0.256 e. The number of nitrogens with zero attached hydrogens (tertiary/aromatic N) is 1. The van der Waals surface area contributed by atoms with E-state index in [1.54, 1.807) is 0 Å². The Morgan fingerprint density at radius 2 is 2.00 bits per heavy atom. The molecule has 0 spiro atoms. The fourth-order valence-corrected chi connectivity index (χ4v) is 3.90. The van der Waals surface area contributed by atoms with E-state index in [1.807, 2.05) is 11.8 Å². The lowest BCUT2D eigenvalue weighted by Gasteiger charge is -2.06. The van der Waals surface area contributed by atoms with E-state index in [-0.39, 0.29) is 0 Å². The standard InChI is InChI=1S/C18H17NS/c1-12(16-9-8-15(11-19-16)13-6-7-13)18-10-14-4-2-3-5-17(14)20-18/h2-5,8-9,11,13H,6-7,10H2,1H3/b18-12-. The fraction of sp³-hybridized carbons (Fsp3) is 0.278. The van der Waals surface area contributed by atoms with Gasteiger partial charge in [-0.05, 0) is 59.4 Å². The smallest absolute Gasteiger partial charge is 0.0667 e. The first-order valence-electron chi connectivity index (χ1n) is 7.23. The van der Waals surface area contributed by atoms with Gasteiger partial charge in [-0.15, -0.1) is 0 Å². The third-order valence-electron chi connectivity index (χ3n) is 4.19. The average Bonchev–Trinajstić information content (AvgIpc) is 3.25. The topological polar surface area (TPSA) is 12.9 Å². The van der Waals surface area contributed by atoms with Crippen LogP contribution in [0.25, 0.3) is 5.57 Å². The lowest BCUT2D eigenvalue weighted by atomic mass is 10.1. The highest BCUT2D eigenvalue weighted by Gasteiger charge is 2.24. The highest BCUT2D eigenvalue weighted by Crippen LogP contribution is 2.43. The van der Waals surface area contributed by atoms with Crippen molar-refractivity contribution in [3.05, 3.63) is 64.3 Å². The van der Waals surface area contributed by atoms with Gasteiger partial charge in [0.15, 0.2) is 0 Å². The van der Waals surface area contributed by atoms with Crippen LogP contribution in [0.5, 0.6) is 0 Å². The van der Waals surface area contributed by atoms with Crippen molar-refractivity contribution in [1.82, 2.24) is 4.98 Å². The van der Waals surface area contributed by atoms with Gasteiger partial charge in [0.1, 0.15) is 0 Å². The van der Waals surface area contributed by atoms with E-state index in [2.05, 4.69) is 54.5 Å². The molecule has 1 saturated carbocycles. The number of thioether (sulfide) groups is 1. The SMILES string of the molecule is C/C(=C1\Cc2ccccc2S1)c1ccc(C2CC2)cn1. The van der Waals surface area contributed by atoms with Crippen LogP contribution in [0.4, 0.5) is 0 Å². The summed E-state index contributed by atoms with van der Waals surface area (Å²) < 4.78 is 0. The molecule has 1 aromatic heterocycles. The zero-order valence-corrected chi connectivity index (χ0v) is 12.4. The summed E-state index contributed by atoms with van der Waals surface area (Å²) >= 11 is 1.90. The number of rotatable bonds is 2. The Hall–Kier alpha value is -1.54. The van der Waals surface area contributed by atoms with Crippen LogP contribution in [-0.2, 0) is 6.42 Å². The summed E-state index contributed by atoms with van der Waals surface area (Å²) in [6.45, 7) is 2.20. The third-order valence-corrected chi connectivity index (χ3v) is 5.51. The Morgan fingerprint density at radius 1 is 1.15 bits per heavy atom. The van der Waals surface area contributed by atoms with Crippen molar-refractivity contribution in [1.29, 1.82) is 0 Å². The van der Waals surface area contributed by atoms with Gasteiger partial charge in [0.05, 0.1) is 5.69 Å². The van der Waals surface area contributed by atoms with E-state index >= 15 is 0 Å². The molecule has 2 aliphatic rings. The summed E-state index contributed by atoms with van der Waals surface area (Å²) in [7, 11) is 0. The van der Waals surface area contributed by atoms with Gasteiger partial charge in [-0.25, -0.2) is 0 Å². The summed E-state index contributed by atoms with van der Waals surface area (Å²) in [5.41, 5.74) is 5.31. The van der Waals surface area contributed by atoms with Crippen LogP contribution in [0.1, 0.15) is 42.5 Å². The van der Waals surface area contributed by atoms with Crippen molar-refractivity contribution < 1.29 is 0 Å². The zero-order valence-electron chi connectivity index (χ0n) is 11.6. The first-order valence-corrected chi connectivity index (χ1v) is 8.05. The number of allylic oxidation sites excluding steroid dienone is 2. The fourth-order valence-electron chi connectivity index (χ4n) is 2.73. The van der Waals surface area contributed by atoms with Gasteiger partial charge in [-0.1, -0.05) is 36.0 Å². The lowest BCUT2D eigenvalue weighted by molar-refractivity contribution is 1.08. The summed E-state index contributed by atoms with van der Waals surface area (Å²) in [5, 5.41) is 0. The second kappa shape index (κ2) is 4.78. The molecule has 0 atom stereocenters. The van der Waals surface area contributed by atoms with Gasteiger partial charge in [-0.3, -0.25) is 4.98 Å². The predicted octanol–water partition coefficient (Wildman–Crippen LogP) is 5.04. The molecule has 1 aromatic carbocycles. The second-order valence-corrected chi connectivity index (χ2v) is 6.82. The number of benzene rings is 1. The molecule has 1 nitrogen and oxygen atoms in total. The molecule has 2 heteroatoms. The molecule has 1 fully saturated rings. The normalized spacial score (nSPS) is 19.9. The van der Waals surface area contributed by atoms with Crippen LogP contribution < -0.4 is 0 Å². The maximum atomic E-state index is 4.68. The van der Waals surface area contributed by atoms with Crippen LogP contribution in [-0.4, -0.2) is 4.98 Å². The number of hydrogen-bond acceptors (Lipinski definition) is 2. The monoisotopic (exact) mass is 279 g/mol. The van der Waals surface area contributed by atoms with Gasteiger partial charge in [0.25, 0.3) is 0 Å². The molecule has 4 rings (SSSR count). The molecular formula is C18H17NS. The summed E-state index contributed by atoms with van der Waals surface area (Å²) in [4.78, 5) is 7.52. The number of aromatic nitrogens is 1. The molecule has 1 aliphatic heterocycles. The molecule has 2 heterocycles. The highest BCUT2D eigenvalue weighted by atomic mass is 32.2. The van der Waals surface area contributed by atoms with Crippen LogP contribution >= 0.6 is 11.8 Å². The van der Waals surface area contributed by atoms with Crippen LogP contribution in [0.15, 0.2) is 52.4 Å². The Labute approximate surface area is 124 Å². The first kappa shape index (κ1) is 12.2. The molecule has 0 N–H and O–H groups in total. The minimum absolute atomic E-state index is 0.787. The van der Waals surface area contributed by atoms with E-state index in [0.717, 1.165) is 18.0 Å². The van der Waals surface area contributed by atoms with Crippen LogP contribution in [0.3, 0.4) is 0 Å². The molecule has 1 aliphatic carbocycles. The molecule has 2 aromatic rings. The number of pyridine rings is 1. The van der Waals surface area contributed by atoms with E-state index in [4.69, 9.17) is 0 Å². The molecule has 100 valence electrons. The van der Waals surface area contributed by atoms with Crippen LogP contribution in [0.2, 0.25) is 0 Å². The Kier molecular flexibility index (Phi) is 2.92. The summed E-state index contributed by atoms with van der Waals surface area (Å²) in [6.07, 6.45) is 5.81. The highest BCUT2D eigenvalue weighted by molar-refractivity contribution is 8.03. The van der Waals surface area contributed by atoms with Gasteiger partial charge in [0.2, 0.25) is 0 Å². The Morgan fingerprint density at radius 3 is 2.70 bits per heavy atom. The molecule has 20 heavy (non-hydrogen) atoms. The Balaban J connectivity index is 1.63. The van der Waals surface area contributed by atoms with Gasteiger partial charge in [-0.2, -0.15) is 0 Å². The van der Waals surface area contributed by atoms with E-state index in [0.29, 0.717) is 0 Å². The van der Waals surface area contributed by atoms with Crippen molar-refractivity contribution in [2.24, 2.45) is 0 Å².